The van der Waals surface area contributed by atoms with E-state index in [1.165, 1.54) is 6.07 Å². The second kappa shape index (κ2) is 5.82. The summed E-state index contributed by atoms with van der Waals surface area (Å²) in [4.78, 5) is 1.84. The fourth-order valence-corrected chi connectivity index (χ4v) is 3.00. The third-order valence-corrected chi connectivity index (χ3v) is 5.30. The summed E-state index contributed by atoms with van der Waals surface area (Å²) in [7, 11) is -5.66. The first kappa shape index (κ1) is 16.7. The normalized spacial score (nSPS) is 16.3. The van der Waals surface area contributed by atoms with E-state index in [2.05, 4.69) is 26.8 Å². The monoisotopic (exact) mass is 435 g/mol. The van der Waals surface area contributed by atoms with Gasteiger partial charge in [-0.05, 0) is 60.1 Å². The molecule has 118 valence electrons. The van der Waals surface area contributed by atoms with E-state index >= 15 is 0 Å². The summed E-state index contributed by atoms with van der Waals surface area (Å²) in [5.41, 5.74) is -4.40. The van der Waals surface area contributed by atoms with Crippen molar-refractivity contribution in [2.45, 2.75) is 25.3 Å². The minimum atomic E-state index is -5.66. The van der Waals surface area contributed by atoms with Gasteiger partial charge in [0.05, 0.1) is 5.69 Å². The number of benzene rings is 1. The van der Waals surface area contributed by atoms with Crippen LogP contribution in [0.15, 0.2) is 12.1 Å². The van der Waals surface area contributed by atoms with Gasteiger partial charge in [0.15, 0.2) is 5.75 Å². The Bertz CT molecular complexity index is 640. The van der Waals surface area contributed by atoms with Crippen LogP contribution in [0.1, 0.15) is 18.4 Å². The third kappa shape index (κ3) is 3.55. The van der Waals surface area contributed by atoms with E-state index in [1.807, 2.05) is 4.90 Å². The minimum absolute atomic E-state index is 0.271. The highest BCUT2D eigenvalue weighted by Crippen LogP contribution is 2.37. The Hall–Kier alpha value is -0.710. The average molecular weight is 435 g/mol. The van der Waals surface area contributed by atoms with E-state index in [1.54, 1.807) is 13.0 Å². The molecule has 1 aliphatic rings. The number of hydrogen-bond acceptors (Lipinski definition) is 4. The molecule has 4 nitrogen and oxygen atoms in total. The summed E-state index contributed by atoms with van der Waals surface area (Å²) < 4.78 is 65.1. The van der Waals surface area contributed by atoms with Gasteiger partial charge in [-0.3, -0.25) is 0 Å². The molecule has 0 saturated carbocycles. The number of rotatable bonds is 3. The van der Waals surface area contributed by atoms with Crippen LogP contribution < -0.4 is 9.08 Å². The lowest BCUT2D eigenvalue weighted by Gasteiger charge is -2.22. The van der Waals surface area contributed by atoms with Crippen LogP contribution >= 0.6 is 22.6 Å². The molecule has 0 unspecified atom stereocenters. The highest BCUT2D eigenvalue weighted by molar-refractivity contribution is 14.1. The van der Waals surface area contributed by atoms with Crippen LogP contribution in [0.4, 0.5) is 18.9 Å². The van der Waals surface area contributed by atoms with Crippen molar-refractivity contribution in [3.63, 3.8) is 0 Å². The van der Waals surface area contributed by atoms with Crippen LogP contribution in [-0.2, 0) is 10.1 Å². The summed E-state index contributed by atoms with van der Waals surface area (Å²) in [6.07, 6.45) is 1.83. The van der Waals surface area contributed by atoms with E-state index in [-0.39, 0.29) is 5.75 Å². The van der Waals surface area contributed by atoms with Crippen molar-refractivity contribution < 1.29 is 25.8 Å². The number of hydrogen-bond donors (Lipinski definition) is 0. The van der Waals surface area contributed by atoms with Crippen molar-refractivity contribution in [3.8, 4) is 5.75 Å². The van der Waals surface area contributed by atoms with Gasteiger partial charge in [0, 0.05) is 16.7 Å². The van der Waals surface area contributed by atoms with Crippen LogP contribution in [0.3, 0.4) is 0 Å². The summed E-state index contributed by atoms with van der Waals surface area (Å²) in [6.45, 7) is 3.02. The van der Waals surface area contributed by atoms with Crippen LogP contribution in [0.5, 0.6) is 5.75 Å². The van der Waals surface area contributed by atoms with Crippen LogP contribution in [-0.4, -0.2) is 27.0 Å². The third-order valence-electron chi connectivity index (χ3n) is 3.17. The molecule has 9 heteroatoms. The van der Waals surface area contributed by atoms with Crippen LogP contribution in [0, 0.1) is 10.5 Å². The Kier molecular flexibility index (Phi) is 4.62. The number of aryl methyl sites for hydroxylation is 1. The first-order valence-corrected chi connectivity index (χ1v) is 8.66. The molecule has 0 amide bonds. The number of alkyl halides is 3. The van der Waals surface area contributed by atoms with Gasteiger partial charge in [-0.25, -0.2) is 0 Å². The molecule has 0 spiro atoms. The zero-order valence-corrected chi connectivity index (χ0v) is 14.0. The summed E-state index contributed by atoms with van der Waals surface area (Å²) in [6, 6.07) is 2.99. The van der Waals surface area contributed by atoms with Gasteiger partial charge in [0.2, 0.25) is 0 Å². The van der Waals surface area contributed by atoms with Gasteiger partial charge in [-0.2, -0.15) is 21.6 Å². The predicted molar refractivity (Wildman–Crippen MR) is 80.9 cm³/mol. The van der Waals surface area contributed by atoms with E-state index < -0.39 is 15.6 Å². The number of nitrogens with zero attached hydrogens (tertiary/aromatic N) is 1. The molecule has 1 fully saturated rings. The topological polar surface area (TPSA) is 46.6 Å². The molecule has 1 aliphatic heterocycles. The van der Waals surface area contributed by atoms with Crippen molar-refractivity contribution in [2.24, 2.45) is 0 Å². The fourth-order valence-electron chi connectivity index (χ4n) is 2.08. The molecule has 1 heterocycles. The highest BCUT2D eigenvalue weighted by atomic mass is 127. The lowest BCUT2D eigenvalue weighted by Crippen LogP contribution is -2.29. The standard InChI is InChI=1S/C12H13F3INO3S/c1-8-6-11(20-21(18,19)12(13,14)15)10(7-9(8)16)17-4-2-3-5-17/h6-7H,2-5H2,1H3. The molecule has 1 aromatic rings. The summed E-state index contributed by atoms with van der Waals surface area (Å²) >= 11 is 2.05. The second-order valence-electron chi connectivity index (χ2n) is 4.75. The Morgan fingerprint density at radius 3 is 2.33 bits per heavy atom. The first-order chi connectivity index (χ1) is 9.62. The molecule has 0 aliphatic carbocycles. The van der Waals surface area contributed by atoms with Crippen LogP contribution in [0.2, 0.25) is 0 Å². The molecule has 0 N–H and O–H groups in total. The quantitative estimate of drug-likeness (QED) is 0.415. The molecule has 0 radical (unpaired) electrons. The zero-order chi connectivity index (χ0) is 15.8. The second-order valence-corrected chi connectivity index (χ2v) is 7.45. The smallest absolute Gasteiger partial charge is 0.374 e. The Morgan fingerprint density at radius 1 is 1.24 bits per heavy atom. The van der Waals surface area contributed by atoms with Crippen molar-refractivity contribution in [2.75, 3.05) is 18.0 Å². The van der Waals surface area contributed by atoms with Gasteiger partial charge in [0.25, 0.3) is 0 Å². The van der Waals surface area contributed by atoms with Gasteiger partial charge in [-0.1, -0.05) is 0 Å². The molecule has 0 atom stereocenters. The first-order valence-electron chi connectivity index (χ1n) is 6.17. The van der Waals surface area contributed by atoms with Crippen molar-refractivity contribution in [1.82, 2.24) is 0 Å². The fraction of sp³-hybridized carbons (Fsp3) is 0.500. The molecule has 1 aromatic carbocycles. The zero-order valence-electron chi connectivity index (χ0n) is 11.1. The molecular formula is C12H13F3INO3S. The average Bonchev–Trinajstić information content (AvgIpc) is 2.85. The largest absolute Gasteiger partial charge is 0.534 e. The number of halogens is 4. The van der Waals surface area contributed by atoms with E-state index in [0.29, 0.717) is 24.3 Å². The van der Waals surface area contributed by atoms with Gasteiger partial charge < -0.3 is 9.08 Å². The molecule has 0 bridgehead atoms. The molecule has 2 rings (SSSR count). The Labute approximate surface area is 134 Å². The lowest BCUT2D eigenvalue weighted by atomic mass is 10.2. The van der Waals surface area contributed by atoms with Gasteiger partial charge in [-0.15, -0.1) is 0 Å². The predicted octanol–water partition coefficient (Wildman–Crippen LogP) is 3.43. The lowest BCUT2D eigenvalue weighted by molar-refractivity contribution is -0.0499. The van der Waals surface area contributed by atoms with Gasteiger partial charge in [0.1, 0.15) is 0 Å². The van der Waals surface area contributed by atoms with Crippen molar-refractivity contribution >= 4 is 38.4 Å². The van der Waals surface area contributed by atoms with Gasteiger partial charge >= 0.3 is 15.6 Å². The maximum absolute atomic E-state index is 12.5. The summed E-state index contributed by atoms with van der Waals surface area (Å²) in [5.74, 6) is -0.271. The Balaban J connectivity index is 2.45. The SMILES string of the molecule is Cc1cc(OS(=O)(=O)C(F)(F)F)c(N2CCCC2)cc1I. The Morgan fingerprint density at radius 2 is 1.81 bits per heavy atom. The maximum Gasteiger partial charge on any atom is 0.534 e. The van der Waals surface area contributed by atoms with Crippen molar-refractivity contribution in [3.05, 3.63) is 21.3 Å². The highest BCUT2D eigenvalue weighted by Gasteiger charge is 2.49. The van der Waals surface area contributed by atoms with E-state index in [0.717, 1.165) is 16.4 Å². The molecule has 0 aromatic heterocycles. The van der Waals surface area contributed by atoms with Crippen molar-refractivity contribution in [1.29, 1.82) is 0 Å². The van der Waals surface area contributed by atoms with Crippen LogP contribution in [0.25, 0.3) is 0 Å². The number of anilines is 1. The molecular weight excluding hydrogens is 422 g/mol. The van der Waals surface area contributed by atoms with E-state index in [9.17, 15) is 21.6 Å². The minimum Gasteiger partial charge on any atom is -0.374 e. The van der Waals surface area contributed by atoms with E-state index in [4.69, 9.17) is 0 Å². The molecule has 1 saturated heterocycles. The maximum atomic E-state index is 12.5. The molecule has 21 heavy (non-hydrogen) atoms. The summed E-state index contributed by atoms with van der Waals surface area (Å²) in [5, 5.41) is 0.